The molecule has 2 N–H and O–H groups in total. The predicted molar refractivity (Wildman–Crippen MR) is 86.6 cm³/mol. The fourth-order valence-corrected chi connectivity index (χ4v) is 2.37. The summed E-state index contributed by atoms with van der Waals surface area (Å²) in [6, 6.07) is 5.42. The van der Waals surface area contributed by atoms with Gasteiger partial charge < -0.3 is 10.4 Å². The van der Waals surface area contributed by atoms with E-state index in [-0.39, 0.29) is 22.0 Å². The van der Waals surface area contributed by atoms with Crippen LogP contribution in [0.1, 0.15) is 33.2 Å². The van der Waals surface area contributed by atoms with E-state index >= 15 is 0 Å². The Bertz CT molecular complexity index is 838. The van der Waals surface area contributed by atoms with E-state index < -0.39 is 22.5 Å². The van der Waals surface area contributed by atoms with Crippen molar-refractivity contribution >= 4 is 34.9 Å². The van der Waals surface area contributed by atoms with Crippen molar-refractivity contribution in [3.05, 3.63) is 62.4 Å². The van der Waals surface area contributed by atoms with Crippen LogP contribution in [-0.4, -0.2) is 26.9 Å². The van der Waals surface area contributed by atoms with Crippen molar-refractivity contribution < 1.29 is 19.6 Å². The summed E-state index contributed by atoms with van der Waals surface area (Å²) >= 11 is 5.83. The van der Waals surface area contributed by atoms with Gasteiger partial charge in [0.1, 0.15) is 10.8 Å². The Kier molecular flexibility index (Phi) is 5.10. The first-order valence-electron chi connectivity index (χ1n) is 6.82. The van der Waals surface area contributed by atoms with Crippen LogP contribution in [0.2, 0.25) is 5.15 Å². The maximum Gasteiger partial charge on any atom is 0.338 e. The molecule has 0 saturated carbocycles. The Labute approximate surface area is 141 Å². The van der Waals surface area contributed by atoms with Crippen molar-refractivity contribution in [2.45, 2.75) is 13.3 Å². The number of amides is 1. The molecule has 124 valence electrons. The number of nitrogens with one attached hydrogen (secondary N) is 1. The normalized spacial score (nSPS) is 10.2. The topological polar surface area (TPSA) is 122 Å². The third-order valence-corrected chi connectivity index (χ3v) is 3.60. The minimum atomic E-state index is -1.40. The second-order valence-corrected chi connectivity index (χ2v) is 5.07. The van der Waals surface area contributed by atoms with Crippen LogP contribution in [0.15, 0.2) is 30.5 Å². The summed E-state index contributed by atoms with van der Waals surface area (Å²) in [6.07, 6.45) is 1.68. The molecular formula is C15H12ClN3O5. The molecule has 0 aliphatic rings. The average molecular weight is 350 g/mol. The smallest absolute Gasteiger partial charge is 0.338 e. The van der Waals surface area contributed by atoms with E-state index in [4.69, 9.17) is 11.6 Å². The molecule has 0 aliphatic carbocycles. The molecule has 1 aromatic heterocycles. The molecule has 0 unspecified atom stereocenters. The highest BCUT2D eigenvalue weighted by atomic mass is 35.5. The van der Waals surface area contributed by atoms with Gasteiger partial charge in [0.2, 0.25) is 0 Å². The molecular weight excluding hydrogens is 338 g/mol. The van der Waals surface area contributed by atoms with Gasteiger partial charge in [0.15, 0.2) is 0 Å². The van der Waals surface area contributed by atoms with E-state index in [2.05, 4.69) is 10.3 Å². The number of hydrogen-bond donors (Lipinski definition) is 2. The molecule has 0 saturated heterocycles. The van der Waals surface area contributed by atoms with Crippen LogP contribution in [0.5, 0.6) is 0 Å². The molecule has 9 heteroatoms. The Balaban J connectivity index is 2.59. The minimum absolute atomic E-state index is 0.0216. The van der Waals surface area contributed by atoms with Crippen LogP contribution in [0.3, 0.4) is 0 Å². The van der Waals surface area contributed by atoms with Crippen molar-refractivity contribution in [1.82, 2.24) is 4.98 Å². The first kappa shape index (κ1) is 17.4. The van der Waals surface area contributed by atoms with E-state index in [9.17, 15) is 24.8 Å². The number of pyridine rings is 1. The lowest BCUT2D eigenvalue weighted by Crippen LogP contribution is -2.17. The number of carboxylic acid groups (broad SMARTS) is 1. The molecule has 24 heavy (non-hydrogen) atoms. The average Bonchev–Trinajstić information content (AvgIpc) is 2.53. The van der Waals surface area contributed by atoms with Gasteiger partial charge in [0, 0.05) is 11.8 Å². The first-order valence-corrected chi connectivity index (χ1v) is 7.20. The summed E-state index contributed by atoms with van der Waals surface area (Å²) in [6.45, 7) is 1.69. The Morgan fingerprint density at radius 2 is 2.04 bits per heavy atom. The quantitative estimate of drug-likeness (QED) is 0.485. The Morgan fingerprint density at radius 1 is 1.33 bits per heavy atom. The molecule has 1 aromatic carbocycles. The molecule has 0 atom stereocenters. The number of nitro benzene ring substituents is 1. The number of halogens is 1. The number of aromatic nitrogens is 1. The largest absolute Gasteiger partial charge is 0.478 e. The number of nitro groups is 1. The van der Waals surface area contributed by atoms with E-state index in [1.165, 1.54) is 30.5 Å². The zero-order valence-corrected chi connectivity index (χ0v) is 13.2. The fraction of sp³-hybridized carbons (Fsp3) is 0.133. The molecule has 2 aromatic rings. The molecule has 0 aliphatic heterocycles. The molecule has 0 spiro atoms. The molecule has 0 radical (unpaired) electrons. The van der Waals surface area contributed by atoms with Crippen molar-refractivity contribution in [3.8, 4) is 0 Å². The zero-order valence-electron chi connectivity index (χ0n) is 12.4. The third kappa shape index (κ3) is 3.33. The van der Waals surface area contributed by atoms with Gasteiger partial charge in [-0.15, -0.1) is 0 Å². The Morgan fingerprint density at radius 3 is 2.58 bits per heavy atom. The molecule has 8 nitrogen and oxygen atoms in total. The van der Waals surface area contributed by atoms with Crippen LogP contribution >= 0.6 is 11.6 Å². The maximum absolute atomic E-state index is 12.3. The fourth-order valence-electron chi connectivity index (χ4n) is 2.17. The summed E-state index contributed by atoms with van der Waals surface area (Å²) in [5.74, 6) is -2.18. The number of nitrogens with zero attached hydrogens (tertiary/aromatic N) is 2. The second kappa shape index (κ2) is 7.05. The van der Waals surface area contributed by atoms with E-state index in [0.717, 1.165) is 0 Å². The summed E-state index contributed by atoms with van der Waals surface area (Å²) in [4.78, 5) is 38.1. The van der Waals surface area contributed by atoms with Gasteiger partial charge in [-0.3, -0.25) is 14.9 Å². The molecule has 0 fully saturated rings. The molecule has 2 rings (SSSR count). The summed E-state index contributed by atoms with van der Waals surface area (Å²) in [7, 11) is 0. The van der Waals surface area contributed by atoms with Gasteiger partial charge >= 0.3 is 5.97 Å². The zero-order chi connectivity index (χ0) is 17.9. The molecule has 1 heterocycles. The third-order valence-electron chi connectivity index (χ3n) is 3.30. The number of anilines is 1. The van der Waals surface area contributed by atoms with E-state index in [1.54, 1.807) is 6.92 Å². The number of aryl methyl sites for hydroxylation is 1. The summed E-state index contributed by atoms with van der Waals surface area (Å²) < 4.78 is 0. The lowest BCUT2D eigenvalue weighted by atomic mass is 10.0. The lowest BCUT2D eigenvalue weighted by molar-refractivity contribution is -0.384. The van der Waals surface area contributed by atoms with E-state index in [0.29, 0.717) is 12.0 Å². The summed E-state index contributed by atoms with van der Waals surface area (Å²) in [5.41, 5.74) is -0.931. The van der Waals surface area contributed by atoms with E-state index in [1.807, 2.05) is 0 Å². The van der Waals surface area contributed by atoms with Crippen molar-refractivity contribution in [2.24, 2.45) is 0 Å². The standard InChI is InChI=1S/C15H12ClN3O5/c1-2-8-5-6-9(15(21)22)11(12(8)19(23)24)18-14(20)10-4-3-7-17-13(10)16/h3-7H,2H2,1H3,(H,18,20)(H,21,22). The van der Waals surface area contributed by atoms with Crippen LogP contribution in [0.4, 0.5) is 11.4 Å². The minimum Gasteiger partial charge on any atom is -0.478 e. The Hall–Kier alpha value is -3.00. The van der Waals surface area contributed by atoms with Crippen molar-refractivity contribution in [1.29, 1.82) is 0 Å². The number of carboxylic acids is 1. The number of carbonyl (C=O) groups excluding carboxylic acids is 1. The van der Waals surface area contributed by atoms with Crippen LogP contribution in [0.25, 0.3) is 0 Å². The lowest BCUT2D eigenvalue weighted by Gasteiger charge is -2.12. The maximum atomic E-state index is 12.3. The monoisotopic (exact) mass is 349 g/mol. The number of hydrogen-bond acceptors (Lipinski definition) is 5. The van der Waals surface area contributed by atoms with Gasteiger partial charge in [0.05, 0.1) is 16.1 Å². The number of benzene rings is 1. The van der Waals surface area contributed by atoms with Gasteiger partial charge in [0.25, 0.3) is 11.6 Å². The number of carbonyl (C=O) groups is 2. The number of aromatic carboxylic acids is 1. The van der Waals surface area contributed by atoms with Crippen LogP contribution < -0.4 is 5.32 Å². The highest BCUT2D eigenvalue weighted by Gasteiger charge is 2.27. The van der Waals surface area contributed by atoms with Gasteiger partial charge in [-0.1, -0.05) is 24.6 Å². The molecule has 1 amide bonds. The van der Waals surface area contributed by atoms with Crippen LogP contribution in [-0.2, 0) is 6.42 Å². The number of rotatable bonds is 5. The highest BCUT2D eigenvalue weighted by molar-refractivity contribution is 6.33. The highest BCUT2D eigenvalue weighted by Crippen LogP contribution is 2.33. The SMILES string of the molecule is CCc1ccc(C(=O)O)c(NC(=O)c2cccnc2Cl)c1[N+](=O)[O-]. The van der Waals surface area contributed by atoms with Gasteiger partial charge in [-0.25, -0.2) is 9.78 Å². The van der Waals surface area contributed by atoms with Gasteiger partial charge in [-0.2, -0.15) is 0 Å². The second-order valence-electron chi connectivity index (χ2n) is 4.71. The van der Waals surface area contributed by atoms with Crippen molar-refractivity contribution in [3.63, 3.8) is 0 Å². The molecule has 0 bridgehead atoms. The van der Waals surface area contributed by atoms with Gasteiger partial charge in [-0.05, 0) is 24.6 Å². The van der Waals surface area contributed by atoms with Crippen molar-refractivity contribution in [2.75, 3.05) is 5.32 Å². The summed E-state index contributed by atoms with van der Waals surface area (Å²) in [5, 5.41) is 22.8. The first-order chi connectivity index (χ1) is 11.4. The predicted octanol–water partition coefficient (Wildman–Crippen LogP) is 3.16. The van der Waals surface area contributed by atoms with Crippen LogP contribution in [0, 0.1) is 10.1 Å².